The Kier molecular flexibility index (Phi) is 3.63. The summed E-state index contributed by atoms with van der Waals surface area (Å²) in [5.41, 5.74) is 0.796. The van der Waals surface area contributed by atoms with Crippen molar-refractivity contribution in [2.45, 2.75) is 18.9 Å². The molecule has 2 atom stereocenters. The molecule has 3 nitrogen and oxygen atoms in total. The van der Waals surface area contributed by atoms with Gasteiger partial charge in [0, 0.05) is 35.7 Å². The van der Waals surface area contributed by atoms with Gasteiger partial charge in [-0.25, -0.2) is 0 Å². The minimum Gasteiger partial charge on any atom is -0.334 e. The number of hydrogen-bond acceptors (Lipinski definition) is 2. The average molecular weight is 323 g/mol. The average Bonchev–Trinajstić information content (AvgIpc) is 2.77. The van der Waals surface area contributed by atoms with Crippen molar-refractivity contribution >= 4 is 21.8 Å². The number of halogens is 1. The van der Waals surface area contributed by atoms with E-state index in [1.165, 1.54) is 6.42 Å². The molecule has 1 amide bonds. The highest BCUT2D eigenvalue weighted by atomic mass is 79.9. The Bertz CT molecular complexity index is 491. The monoisotopic (exact) mass is 322 g/mol. The van der Waals surface area contributed by atoms with E-state index < -0.39 is 0 Å². The van der Waals surface area contributed by atoms with Crippen LogP contribution in [0.25, 0.3) is 0 Å². The Labute approximate surface area is 122 Å². The standard InChI is InChI=1S/C15H19BrN2O/c1-17-9-12-5-3-7-18(14(12)10-17)15(19)11-4-2-6-13(16)8-11/h2,4,6,8,12,14H,3,5,7,9-10H2,1H3/t12-,14+/m1/s1. The van der Waals surface area contributed by atoms with Crippen molar-refractivity contribution in [2.24, 2.45) is 5.92 Å². The van der Waals surface area contributed by atoms with Crippen LogP contribution in [-0.2, 0) is 0 Å². The van der Waals surface area contributed by atoms with Gasteiger partial charge in [0.2, 0.25) is 0 Å². The lowest BCUT2D eigenvalue weighted by atomic mass is 9.91. The van der Waals surface area contributed by atoms with Gasteiger partial charge in [0.15, 0.2) is 0 Å². The largest absolute Gasteiger partial charge is 0.334 e. The van der Waals surface area contributed by atoms with E-state index in [4.69, 9.17) is 0 Å². The first-order chi connectivity index (χ1) is 9.15. The second-order valence-corrected chi connectivity index (χ2v) is 6.62. The third-order valence-corrected chi connectivity index (χ3v) is 4.79. The molecule has 0 bridgehead atoms. The normalized spacial score (nSPS) is 27.4. The predicted molar refractivity (Wildman–Crippen MR) is 79.2 cm³/mol. The van der Waals surface area contributed by atoms with Crippen LogP contribution < -0.4 is 0 Å². The molecule has 0 spiro atoms. The SMILES string of the molecule is CN1C[C@H]2CCCN(C(=O)c3cccc(Br)c3)[C@H]2C1. The van der Waals surface area contributed by atoms with Crippen LogP contribution >= 0.6 is 15.9 Å². The van der Waals surface area contributed by atoms with Gasteiger partial charge in [-0.1, -0.05) is 22.0 Å². The van der Waals surface area contributed by atoms with E-state index in [0.29, 0.717) is 12.0 Å². The van der Waals surface area contributed by atoms with Crippen LogP contribution in [0.4, 0.5) is 0 Å². The molecule has 0 saturated carbocycles. The number of carbonyl (C=O) groups is 1. The minimum absolute atomic E-state index is 0.186. The first-order valence-electron chi connectivity index (χ1n) is 6.90. The summed E-state index contributed by atoms with van der Waals surface area (Å²) >= 11 is 3.44. The second kappa shape index (κ2) is 5.25. The molecule has 0 aromatic heterocycles. The van der Waals surface area contributed by atoms with E-state index in [0.717, 1.165) is 36.1 Å². The van der Waals surface area contributed by atoms with E-state index in [-0.39, 0.29) is 5.91 Å². The Morgan fingerprint density at radius 3 is 3.00 bits per heavy atom. The minimum atomic E-state index is 0.186. The summed E-state index contributed by atoms with van der Waals surface area (Å²) in [5.74, 6) is 0.848. The molecule has 4 heteroatoms. The number of nitrogens with zero attached hydrogens (tertiary/aromatic N) is 2. The Morgan fingerprint density at radius 1 is 1.37 bits per heavy atom. The zero-order chi connectivity index (χ0) is 13.4. The van der Waals surface area contributed by atoms with Crippen LogP contribution in [0.15, 0.2) is 28.7 Å². The Morgan fingerprint density at radius 2 is 2.21 bits per heavy atom. The molecule has 0 radical (unpaired) electrons. The third kappa shape index (κ3) is 2.56. The molecule has 1 aromatic rings. The summed E-state index contributed by atoms with van der Waals surface area (Å²) in [7, 11) is 2.15. The van der Waals surface area contributed by atoms with Crippen molar-refractivity contribution in [2.75, 3.05) is 26.7 Å². The first-order valence-corrected chi connectivity index (χ1v) is 7.69. The van der Waals surface area contributed by atoms with Crippen molar-refractivity contribution in [1.82, 2.24) is 9.80 Å². The fourth-order valence-electron chi connectivity index (χ4n) is 3.43. The summed E-state index contributed by atoms with van der Waals surface area (Å²) in [6.07, 6.45) is 2.39. The number of amides is 1. The summed E-state index contributed by atoms with van der Waals surface area (Å²) in [6, 6.07) is 8.13. The zero-order valence-corrected chi connectivity index (χ0v) is 12.8. The molecular weight excluding hydrogens is 304 g/mol. The van der Waals surface area contributed by atoms with Gasteiger partial charge < -0.3 is 9.80 Å². The van der Waals surface area contributed by atoms with Crippen LogP contribution in [-0.4, -0.2) is 48.4 Å². The number of likely N-dealkylation sites (tertiary alicyclic amines) is 2. The van der Waals surface area contributed by atoms with Crippen LogP contribution in [0.2, 0.25) is 0 Å². The topological polar surface area (TPSA) is 23.6 Å². The molecule has 2 aliphatic rings. The quantitative estimate of drug-likeness (QED) is 0.793. The molecule has 2 heterocycles. The van der Waals surface area contributed by atoms with Gasteiger partial charge >= 0.3 is 0 Å². The number of benzene rings is 1. The highest BCUT2D eigenvalue weighted by Crippen LogP contribution is 2.31. The first kappa shape index (κ1) is 13.1. The maximum Gasteiger partial charge on any atom is 0.254 e. The predicted octanol–water partition coefficient (Wildman–Crippen LogP) is 2.62. The smallest absolute Gasteiger partial charge is 0.254 e. The zero-order valence-electron chi connectivity index (χ0n) is 11.2. The molecule has 2 aliphatic heterocycles. The number of likely N-dealkylation sites (N-methyl/N-ethyl adjacent to an activating group) is 1. The van der Waals surface area contributed by atoms with E-state index in [1.807, 2.05) is 24.3 Å². The molecule has 2 saturated heterocycles. The maximum atomic E-state index is 12.7. The number of rotatable bonds is 1. The molecule has 0 unspecified atom stereocenters. The van der Waals surface area contributed by atoms with Crippen molar-refractivity contribution in [1.29, 1.82) is 0 Å². The van der Waals surface area contributed by atoms with E-state index in [2.05, 4.69) is 32.8 Å². The molecule has 0 aliphatic carbocycles. The molecule has 1 aromatic carbocycles. The Balaban J connectivity index is 1.83. The highest BCUT2D eigenvalue weighted by Gasteiger charge is 2.39. The van der Waals surface area contributed by atoms with Gasteiger partial charge in [-0.15, -0.1) is 0 Å². The number of hydrogen-bond donors (Lipinski definition) is 0. The lowest BCUT2D eigenvalue weighted by Crippen LogP contribution is -2.48. The van der Waals surface area contributed by atoms with Crippen molar-refractivity contribution in [3.63, 3.8) is 0 Å². The molecule has 3 rings (SSSR count). The van der Waals surface area contributed by atoms with Gasteiger partial charge in [0.1, 0.15) is 0 Å². The van der Waals surface area contributed by atoms with Gasteiger partial charge in [-0.3, -0.25) is 4.79 Å². The number of carbonyl (C=O) groups excluding carboxylic acids is 1. The lowest BCUT2D eigenvalue weighted by molar-refractivity contribution is 0.0571. The molecule has 19 heavy (non-hydrogen) atoms. The van der Waals surface area contributed by atoms with Crippen molar-refractivity contribution in [3.8, 4) is 0 Å². The third-order valence-electron chi connectivity index (χ3n) is 4.30. The molecular formula is C15H19BrN2O. The summed E-state index contributed by atoms with van der Waals surface area (Å²) < 4.78 is 0.968. The van der Waals surface area contributed by atoms with E-state index in [9.17, 15) is 4.79 Å². The van der Waals surface area contributed by atoms with Crippen molar-refractivity contribution in [3.05, 3.63) is 34.3 Å². The number of piperidine rings is 1. The maximum absolute atomic E-state index is 12.7. The number of fused-ring (bicyclic) bond motifs is 1. The lowest BCUT2D eigenvalue weighted by Gasteiger charge is -2.37. The van der Waals surface area contributed by atoms with Gasteiger partial charge in [0.25, 0.3) is 5.91 Å². The fraction of sp³-hybridized carbons (Fsp3) is 0.533. The molecule has 2 fully saturated rings. The van der Waals surface area contributed by atoms with Gasteiger partial charge in [0.05, 0.1) is 0 Å². The van der Waals surface area contributed by atoms with Crippen LogP contribution in [0.1, 0.15) is 23.2 Å². The van der Waals surface area contributed by atoms with E-state index >= 15 is 0 Å². The second-order valence-electron chi connectivity index (χ2n) is 5.70. The van der Waals surface area contributed by atoms with E-state index in [1.54, 1.807) is 0 Å². The summed E-state index contributed by atoms with van der Waals surface area (Å²) in [4.78, 5) is 17.1. The van der Waals surface area contributed by atoms with Crippen LogP contribution in [0.3, 0.4) is 0 Å². The van der Waals surface area contributed by atoms with Gasteiger partial charge in [-0.05, 0) is 44.0 Å². The molecule has 102 valence electrons. The molecule has 0 N–H and O–H groups in total. The van der Waals surface area contributed by atoms with Gasteiger partial charge in [-0.2, -0.15) is 0 Å². The summed E-state index contributed by atoms with van der Waals surface area (Å²) in [6.45, 7) is 3.05. The Hall–Kier alpha value is -0.870. The van der Waals surface area contributed by atoms with Crippen LogP contribution in [0, 0.1) is 5.92 Å². The highest BCUT2D eigenvalue weighted by molar-refractivity contribution is 9.10. The summed E-state index contributed by atoms with van der Waals surface area (Å²) in [5, 5.41) is 0. The fourth-order valence-corrected chi connectivity index (χ4v) is 3.83. The van der Waals surface area contributed by atoms with Crippen LogP contribution in [0.5, 0.6) is 0 Å². The van der Waals surface area contributed by atoms with Crippen molar-refractivity contribution < 1.29 is 4.79 Å².